The Labute approximate surface area is 91.2 Å². The highest BCUT2D eigenvalue weighted by Gasteiger charge is 2.19. The van der Waals surface area contributed by atoms with E-state index in [1.165, 1.54) is 19.3 Å². The molecule has 4 nitrogen and oxygen atoms in total. The van der Waals surface area contributed by atoms with Gasteiger partial charge >= 0.3 is 5.97 Å². The first-order valence-corrected chi connectivity index (χ1v) is 5.66. The van der Waals surface area contributed by atoms with Gasteiger partial charge in [-0.15, -0.1) is 0 Å². The predicted octanol–water partition coefficient (Wildman–Crippen LogP) is 1.35. The van der Waals surface area contributed by atoms with Crippen molar-refractivity contribution in [3.05, 3.63) is 0 Å². The van der Waals surface area contributed by atoms with E-state index in [0.717, 1.165) is 13.0 Å². The number of carboxylic acid groups (broad SMARTS) is 1. The molecule has 0 bridgehead atoms. The number of ether oxygens (including phenoxy) is 1. The number of hydrogen-bond acceptors (Lipinski definition) is 3. The molecule has 1 saturated heterocycles. The number of hydrogen-bond donors (Lipinski definition) is 1. The number of carboxylic acids is 1. The lowest BCUT2D eigenvalue weighted by Gasteiger charge is -2.32. The third kappa shape index (κ3) is 4.18. The Kier molecular flexibility index (Phi) is 5.05. The largest absolute Gasteiger partial charge is 0.479 e. The van der Waals surface area contributed by atoms with E-state index in [4.69, 9.17) is 9.84 Å². The summed E-state index contributed by atoms with van der Waals surface area (Å²) in [5.74, 6) is -0.882. The first kappa shape index (κ1) is 12.5. The average molecular weight is 215 g/mol. The lowest BCUT2D eigenvalue weighted by Crippen LogP contribution is -2.37. The fourth-order valence-corrected chi connectivity index (χ4v) is 1.96. The van der Waals surface area contributed by atoms with Crippen LogP contribution >= 0.6 is 0 Å². The molecule has 4 heteroatoms. The van der Waals surface area contributed by atoms with Crippen LogP contribution in [-0.4, -0.2) is 48.3 Å². The van der Waals surface area contributed by atoms with Crippen LogP contribution in [0.15, 0.2) is 0 Å². The van der Waals surface area contributed by atoms with Gasteiger partial charge < -0.3 is 14.7 Å². The van der Waals surface area contributed by atoms with Gasteiger partial charge in [0.1, 0.15) is 0 Å². The van der Waals surface area contributed by atoms with E-state index >= 15 is 0 Å². The summed E-state index contributed by atoms with van der Waals surface area (Å²) in [7, 11) is 2.13. The molecular formula is C11H21NO3. The van der Waals surface area contributed by atoms with Crippen molar-refractivity contribution < 1.29 is 14.6 Å². The van der Waals surface area contributed by atoms with Crippen molar-refractivity contribution in [3.63, 3.8) is 0 Å². The zero-order valence-electron chi connectivity index (χ0n) is 9.61. The summed E-state index contributed by atoms with van der Waals surface area (Å²) < 4.78 is 5.23. The molecule has 0 spiro atoms. The minimum absolute atomic E-state index is 0.544. The summed E-state index contributed by atoms with van der Waals surface area (Å²) in [6.45, 7) is 3.27. The lowest BCUT2D eigenvalue weighted by molar-refractivity contribution is -0.149. The van der Waals surface area contributed by atoms with Crippen LogP contribution < -0.4 is 0 Å². The molecule has 2 atom stereocenters. The minimum atomic E-state index is -0.882. The Hall–Kier alpha value is -0.610. The highest BCUT2D eigenvalue weighted by molar-refractivity contribution is 5.71. The highest BCUT2D eigenvalue weighted by atomic mass is 16.5. The summed E-state index contributed by atoms with van der Waals surface area (Å²) >= 11 is 0. The Balaban J connectivity index is 2.16. The minimum Gasteiger partial charge on any atom is -0.479 e. The molecule has 0 aromatic heterocycles. The molecule has 15 heavy (non-hydrogen) atoms. The Morgan fingerprint density at radius 2 is 2.33 bits per heavy atom. The molecule has 1 aliphatic rings. The molecule has 0 saturated carbocycles. The van der Waals surface area contributed by atoms with Crippen LogP contribution in [0.4, 0.5) is 0 Å². The second-order valence-corrected chi connectivity index (χ2v) is 4.27. The smallest absolute Gasteiger partial charge is 0.332 e. The number of likely N-dealkylation sites (tertiary alicyclic amines) is 1. The standard InChI is InChI=1S/C11H21NO3/c1-9(11(13)14)15-8-6-10-5-3-4-7-12(10)2/h9-10H,3-8H2,1-2H3,(H,13,14). The molecule has 2 unspecified atom stereocenters. The molecule has 0 amide bonds. The zero-order chi connectivity index (χ0) is 11.3. The maximum atomic E-state index is 10.5. The lowest BCUT2D eigenvalue weighted by atomic mass is 10.0. The number of nitrogens with zero attached hydrogens (tertiary/aromatic N) is 1. The summed E-state index contributed by atoms with van der Waals surface area (Å²) in [6.07, 6.45) is 4.03. The van der Waals surface area contributed by atoms with Crippen LogP contribution in [0.3, 0.4) is 0 Å². The van der Waals surface area contributed by atoms with Gasteiger partial charge in [0.15, 0.2) is 6.10 Å². The van der Waals surface area contributed by atoms with E-state index < -0.39 is 12.1 Å². The maximum absolute atomic E-state index is 10.5. The fourth-order valence-electron chi connectivity index (χ4n) is 1.96. The third-order valence-electron chi connectivity index (χ3n) is 3.09. The van der Waals surface area contributed by atoms with Crippen molar-refractivity contribution in [1.29, 1.82) is 0 Å². The predicted molar refractivity (Wildman–Crippen MR) is 57.9 cm³/mol. The number of aliphatic carboxylic acids is 1. The second kappa shape index (κ2) is 6.08. The van der Waals surface area contributed by atoms with Crippen molar-refractivity contribution in [2.24, 2.45) is 0 Å². The van der Waals surface area contributed by atoms with E-state index in [1.54, 1.807) is 6.92 Å². The van der Waals surface area contributed by atoms with E-state index in [9.17, 15) is 4.79 Å². The van der Waals surface area contributed by atoms with Crippen LogP contribution in [0, 0.1) is 0 Å². The number of rotatable bonds is 5. The molecule has 1 rings (SSSR count). The molecule has 1 aliphatic heterocycles. The van der Waals surface area contributed by atoms with Crippen LogP contribution in [-0.2, 0) is 9.53 Å². The van der Waals surface area contributed by atoms with Crippen LogP contribution in [0.2, 0.25) is 0 Å². The Morgan fingerprint density at radius 3 is 2.93 bits per heavy atom. The number of carbonyl (C=O) groups is 1. The molecule has 0 aromatic carbocycles. The Morgan fingerprint density at radius 1 is 1.60 bits per heavy atom. The van der Waals surface area contributed by atoms with Gasteiger partial charge in [-0.1, -0.05) is 6.42 Å². The topological polar surface area (TPSA) is 49.8 Å². The average Bonchev–Trinajstić information content (AvgIpc) is 2.20. The van der Waals surface area contributed by atoms with Crippen LogP contribution in [0.25, 0.3) is 0 Å². The molecular weight excluding hydrogens is 194 g/mol. The molecule has 0 aromatic rings. The SMILES string of the molecule is CC(OCCC1CCCCN1C)C(=O)O. The molecule has 1 heterocycles. The van der Waals surface area contributed by atoms with E-state index in [-0.39, 0.29) is 0 Å². The monoisotopic (exact) mass is 215 g/mol. The van der Waals surface area contributed by atoms with Crippen molar-refractivity contribution in [3.8, 4) is 0 Å². The molecule has 1 fully saturated rings. The van der Waals surface area contributed by atoms with Crippen molar-refractivity contribution in [2.45, 2.75) is 44.8 Å². The molecule has 0 aliphatic carbocycles. The summed E-state index contributed by atoms with van der Waals surface area (Å²) in [4.78, 5) is 12.9. The van der Waals surface area contributed by atoms with Gasteiger partial charge in [0.25, 0.3) is 0 Å². The quantitative estimate of drug-likeness (QED) is 0.752. The van der Waals surface area contributed by atoms with E-state index in [0.29, 0.717) is 12.6 Å². The van der Waals surface area contributed by atoms with Gasteiger partial charge in [-0.25, -0.2) is 4.79 Å². The summed E-state index contributed by atoms with van der Waals surface area (Å²) in [5, 5.41) is 8.64. The molecule has 88 valence electrons. The summed E-state index contributed by atoms with van der Waals surface area (Å²) in [6, 6.07) is 0.569. The number of piperidine rings is 1. The second-order valence-electron chi connectivity index (χ2n) is 4.27. The van der Waals surface area contributed by atoms with Crippen molar-refractivity contribution >= 4 is 5.97 Å². The van der Waals surface area contributed by atoms with Gasteiger partial charge in [0.2, 0.25) is 0 Å². The summed E-state index contributed by atoms with van der Waals surface area (Å²) in [5.41, 5.74) is 0. The van der Waals surface area contributed by atoms with E-state index in [1.807, 2.05) is 0 Å². The normalized spacial score (nSPS) is 25.1. The maximum Gasteiger partial charge on any atom is 0.332 e. The van der Waals surface area contributed by atoms with E-state index in [2.05, 4.69) is 11.9 Å². The third-order valence-corrected chi connectivity index (χ3v) is 3.09. The molecule has 1 N–H and O–H groups in total. The molecule has 0 radical (unpaired) electrons. The van der Waals surface area contributed by atoms with Gasteiger partial charge in [-0.2, -0.15) is 0 Å². The highest BCUT2D eigenvalue weighted by Crippen LogP contribution is 2.17. The van der Waals surface area contributed by atoms with Gasteiger partial charge in [-0.05, 0) is 39.8 Å². The Bertz CT molecular complexity index is 208. The first-order chi connectivity index (χ1) is 7.11. The van der Waals surface area contributed by atoms with Crippen LogP contribution in [0.1, 0.15) is 32.6 Å². The van der Waals surface area contributed by atoms with Gasteiger partial charge in [0.05, 0.1) is 0 Å². The van der Waals surface area contributed by atoms with Crippen molar-refractivity contribution in [1.82, 2.24) is 4.90 Å². The zero-order valence-corrected chi connectivity index (χ0v) is 9.61. The van der Waals surface area contributed by atoms with Gasteiger partial charge in [-0.3, -0.25) is 0 Å². The first-order valence-electron chi connectivity index (χ1n) is 5.66. The van der Waals surface area contributed by atoms with Crippen LogP contribution in [0.5, 0.6) is 0 Å². The van der Waals surface area contributed by atoms with Crippen molar-refractivity contribution in [2.75, 3.05) is 20.2 Å². The van der Waals surface area contributed by atoms with Gasteiger partial charge in [0, 0.05) is 12.6 Å². The fraction of sp³-hybridized carbons (Fsp3) is 0.909.